The first kappa shape index (κ1) is 15.2. The first-order valence-corrected chi connectivity index (χ1v) is 5.03. The number of aliphatic imine (C=N–C) groups is 2. The maximum Gasteiger partial charge on any atom is 0.218 e. The number of aryl methyl sites for hydroxylation is 1. The van der Waals surface area contributed by atoms with Gasteiger partial charge in [0.15, 0.2) is 5.96 Å². The Bertz CT molecular complexity index is 410. The van der Waals surface area contributed by atoms with Crippen LogP contribution in [0.15, 0.2) is 34.3 Å². The van der Waals surface area contributed by atoms with Crippen LogP contribution in [-0.2, 0) is 6.42 Å². The SMILES string of the molecule is Cc1ccccc1CCN=C(N)N=C(N)N.Cl. The highest BCUT2D eigenvalue weighted by Gasteiger charge is 1.96. The Morgan fingerprint density at radius 3 is 2.41 bits per heavy atom. The Hall–Kier alpha value is -1.75. The highest BCUT2D eigenvalue weighted by atomic mass is 35.5. The molecule has 17 heavy (non-hydrogen) atoms. The third kappa shape index (κ3) is 5.77. The molecule has 6 heteroatoms. The van der Waals surface area contributed by atoms with Crippen LogP contribution in [0, 0.1) is 6.92 Å². The van der Waals surface area contributed by atoms with Crippen LogP contribution in [0.25, 0.3) is 0 Å². The van der Waals surface area contributed by atoms with Crippen molar-refractivity contribution in [1.29, 1.82) is 0 Å². The second kappa shape index (κ2) is 7.51. The lowest BCUT2D eigenvalue weighted by Gasteiger charge is -2.02. The molecule has 0 aliphatic heterocycles. The van der Waals surface area contributed by atoms with E-state index in [0.29, 0.717) is 6.54 Å². The standard InChI is InChI=1S/C11H17N5.ClH/c1-8-4-2-3-5-9(8)6-7-15-11(14)16-10(12)13;/h2-5H,6-7H2,1H3,(H6,12,13,14,15,16);1H. The van der Waals surface area contributed by atoms with Gasteiger partial charge in [-0.2, -0.15) is 4.99 Å². The van der Waals surface area contributed by atoms with Gasteiger partial charge < -0.3 is 17.2 Å². The summed E-state index contributed by atoms with van der Waals surface area (Å²) in [6.07, 6.45) is 0.827. The van der Waals surface area contributed by atoms with E-state index in [1.165, 1.54) is 11.1 Å². The van der Waals surface area contributed by atoms with Crippen LogP contribution in [0.2, 0.25) is 0 Å². The van der Waals surface area contributed by atoms with Gasteiger partial charge in [-0.1, -0.05) is 24.3 Å². The van der Waals surface area contributed by atoms with Gasteiger partial charge in [-0.15, -0.1) is 12.4 Å². The van der Waals surface area contributed by atoms with E-state index >= 15 is 0 Å². The van der Waals surface area contributed by atoms with Crippen molar-refractivity contribution >= 4 is 24.3 Å². The molecule has 0 aromatic heterocycles. The molecule has 5 nitrogen and oxygen atoms in total. The summed E-state index contributed by atoms with van der Waals surface area (Å²) in [6.45, 7) is 2.64. The molecule has 0 heterocycles. The van der Waals surface area contributed by atoms with Crippen molar-refractivity contribution < 1.29 is 0 Å². The van der Waals surface area contributed by atoms with Crippen LogP contribution in [0.5, 0.6) is 0 Å². The Kier molecular flexibility index (Phi) is 6.74. The third-order valence-electron chi connectivity index (χ3n) is 2.16. The van der Waals surface area contributed by atoms with E-state index in [9.17, 15) is 0 Å². The average Bonchev–Trinajstić information content (AvgIpc) is 2.19. The summed E-state index contributed by atoms with van der Waals surface area (Å²) in [4.78, 5) is 7.68. The van der Waals surface area contributed by atoms with Gasteiger partial charge in [-0.05, 0) is 24.5 Å². The summed E-state index contributed by atoms with van der Waals surface area (Å²) in [5.74, 6) is 0.0470. The van der Waals surface area contributed by atoms with Gasteiger partial charge in [0, 0.05) is 6.54 Å². The van der Waals surface area contributed by atoms with E-state index < -0.39 is 0 Å². The number of guanidine groups is 2. The molecule has 1 aromatic carbocycles. The summed E-state index contributed by atoms with van der Waals surface area (Å²) in [5.41, 5.74) is 18.3. The molecule has 0 aliphatic carbocycles. The van der Waals surface area contributed by atoms with Crippen molar-refractivity contribution in [2.24, 2.45) is 27.2 Å². The molecule has 94 valence electrons. The molecule has 0 saturated carbocycles. The molecule has 0 amide bonds. The second-order valence-electron chi connectivity index (χ2n) is 3.45. The number of hydrogen-bond donors (Lipinski definition) is 3. The Labute approximate surface area is 107 Å². The molecule has 0 saturated heterocycles. The minimum absolute atomic E-state index is 0. The molecule has 0 bridgehead atoms. The Morgan fingerprint density at radius 1 is 1.18 bits per heavy atom. The smallest absolute Gasteiger partial charge is 0.218 e. The van der Waals surface area contributed by atoms with Crippen molar-refractivity contribution in [2.75, 3.05) is 6.54 Å². The van der Waals surface area contributed by atoms with Gasteiger partial charge in [0.25, 0.3) is 0 Å². The van der Waals surface area contributed by atoms with Gasteiger partial charge in [0.1, 0.15) is 0 Å². The van der Waals surface area contributed by atoms with E-state index in [4.69, 9.17) is 17.2 Å². The first-order chi connectivity index (χ1) is 7.59. The monoisotopic (exact) mass is 255 g/mol. The van der Waals surface area contributed by atoms with Crippen molar-refractivity contribution in [2.45, 2.75) is 13.3 Å². The molecule has 1 aromatic rings. The van der Waals surface area contributed by atoms with Crippen LogP contribution in [0.4, 0.5) is 0 Å². The molecule has 0 unspecified atom stereocenters. The maximum atomic E-state index is 5.48. The van der Waals surface area contributed by atoms with Gasteiger partial charge >= 0.3 is 0 Å². The van der Waals surface area contributed by atoms with Crippen molar-refractivity contribution in [3.8, 4) is 0 Å². The average molecular weight is 256 g/mol. The lowest BCUT2D eigenvalue weighted by atomic mass is 10.1. The number of hydrogen-bond acceptors (Lipinski definition) is 1. The number of rotatable bonds is 3. The van der Waals surface area contributed by atoms with Crippen molar-refractivity contribution in [3.63, 3.8) is 0 Å². The van der Waals surface area contributed by atoms with Crippen LogP contribution in [-0.4, -0.2) is 18.5 Å². The highest BCUT2D eigenvalue weighted by Crippen LogP contribution is 2.07. The molecule has 1 rings (SSSR count). The fraction of sp³-hybridized carbons (Fsp3) is 0.273. The predicted molar refractivity (Wildman–Crippen MR) is 74.4 cm³/mol. The first-order valence-electron chi connectivity index (χ1n) is 5.03. The molecule has 0 radical (unpaired) electrons. The summed E-state index contributed by atoms with van der Waals surface area (Å²) in [7, 11) is 0. The van der Waals surface area contributed by atoms with Crippen LogP contribution < -0.4 is 17.2 Å². The van der Waals surface area contributed by atoms with E-state index in [1.54, 1.807) is 0 Å². The van der Waals surface area contributed by atoms with E-state index in [2.05, 4.69) is 29.0 Å². The van der Waals surface area contributed by atoms with E-state index in [1.807, 2.05) is 12.1 Å². The highest BCUT2D eigenvalue weighted by molar-refractivity contribution is 5.92. The minimum atomic E-state index is -0.0721. The van der Waals surface area contributed by atoms with Crippen LogP contribution in [0.3, 0.4) is 0 Å². The number of halogens is 1. The topological polar surface area (TPSA) is 103 Å². The number of benzene rings is 1. The Morgan fingerprint density at radius 2 is 1.82 bits per heavy atom. The van der Waals surface area contributed by atoms with Gasteiger partial charge in [-0.25, -0.2) is 0 Å². The van der Waals surface area contributed by atoms with Gasteiger partial charge in [-0.3, -0.25) is 4.99 Å². The summed E-state index contributed by atoms with van der Waals surface area (Å²) < 4.78 is 0. The fourth-order valence-corrected chi connectivity index (χ4v) is 1.35. The van der Waals surface area contributed by atoms with Gasteiger partial charge in [0.2, 0.25) is 5.96 Å². The third-order valence-corrected chi connectivity index (χ3v) is 2.16. The zero-order valence-corrected chi connectivity index (χ0v) is 10.6. The molecule has 0 atom stereocenters. The quantitative estimate of drug-likeness (QED) is 0.543. The van der Waals surface area contributed by atoms with Gasteiger partial charge in [0.05, 0.1) is 0 Å². The lowest BCUT2D eigenvalue weighted by molar-refractivity contribution is 0.952. The van der Waals surface area contributed by atoms with E-state index in [0.717, 1.165) is 6.42 Å². The largest absolute Gasteiger partial charge is 0.370 e. The van der Waals surface area contributed by atoms with E-state index in [-0.39, 0.29) is 24.3 Å². The van der Waals surface area contributed by atoms with Crippen LogP contribution in [0.1, 0.15) is 11.1 Å². The molecule has 6 N–H and O–H groups in total. The second-order valence-corrected chi connectivity index (χ2v) is 3.45. The zero-order valence-electron chi connectivity index (χ0n) is 9.76. The molecule has 0 aliphatic rings. The summed E-state index contributed by atoms with van der Waals surface area (Å²) in [6, 6.07) is 8.15. The molecular formula is C11H18ClN5. The molecule has 0 fully saturated rings. The predicted octanol–water partition coefficient (Wildman–Crippen LogP) is 0.547. The number of nitrogens with zero attached hydrogens (tertiary/aromatic N) is 2. The minimum Gasteiger partial charge on any atom is -0.370 e. The number of nitrogens with two attached hydrogens (primary N) is 3. The zero-order chi connectivity index (χ0) is 12.0. The lowest BCUT2D eigenvalue weighted by Crippen LogP contribution is -2.26. The Balaban J connectivity index is 0.00000256. The van der Waals surface area contributed by atoms with Crippen molar-refractivity contribution in [3.05, 3.63) is 35.4 Å². The van der Waals surface area contributed by atoms with Crippen molar-refractivity contribution in [1.82, 2.24) is 0 Å². The molecule has 0 spiro atoms. The summed E-state index contributed by atoms with van der Waals surface area (Å²) >= 11 is 0. The maximum absolute atomic E-state index is 5.48. The molecular weight excluding hydrogens is 238 g/mol. The van der Waals surface area contributed by atoms with Crippen LogP contribution >= 0.6 is 12.4 Å². The fourth-order valence-electron chi connectivity index (χ4n) is 1.35. The normalized spacial score (nSPS) is 10.5. The summed E-state index contributed by atoms with van der Waals surface area (Å²) in [5, 5.41) is 0.